The first-order chi connectivity index (χ1) is 8.28. The Hall–Kier alpha value is -0.830. The predicted octanol–water partition coefficient (Wildman–Crippen LogP) is 3.83. The van der Waals surface area contributed by atoms with Gasteiger partial charge in [0.1, 0.15) is 5.15 Å². The van der Waals surface area contributed by atoms with E-state index in [1.165, 1.54) is 32.1 Å². The smallest absolute Gasteiger partial charge is 0.224 e. The molecule has 2 rings (SSSR count). The number of hydrogen-bond acceptors (Lipinski definition) is 3. The van der Waals surface area contributed by atoms with Crippen molar-refractivity contribution in [3.05, 3.63) is 16.9 Å². The first kappa shape index (κ1) is 12.6. The quantitative estimate of drug-likeness (QED) is 0.829. The molecule has 0 bridgehead atoms. The Balaban J connectivity index is 2.03. The highest BCUT2D eigenvalue weighted by Gasteiger charge is 2.14. The normalized spacial score (nSPS) is 17.1. The summed E-state index contributed by atoms with van der Waals surface area (Å²) in [6.45, 7) is 2.14. The zero-order chi connectivity index (χ0) is 12.1. The van der Waals surface area contributed by atoms with E-state index in [1.54, 1.807) is 0 Å². The highest BCUT2D eigenvalue weighted by Crippen LogP contribution is 2.21. The van der Waals surface area contributed by atoms with Crippen LogP contribution in [0.2, 0.25) is 5.15 Å². The third-order valence-electron chi connectivity index (χ3n) is 3.19. The average Bonchev–Trinajstić information content (AvgIpc) is 2.30. The second-order valence-electron chi connectivity index (χ2n) is 4.73. The average molecular weight is 254 g/mol. The van der Waals surface area contributed by atoms with Gasteiger partial charge in [-0.15, -0.1) is 0 Å². The summed E-state index contributed by atoms with van der Waals surface area (Å²) in [7, 11) is 0. The minimum atomic E-state index is 0.525. The molecule has 0 aromatic carbocycles. The summed E-state index contributed by atoms with van der Waals surface area (Å²) in [5.41, 5.74) is 1.03. The van der Waals surface area contributed by atoms with Crippen LogP contribution in [0.15, 0.2) is 6.07 Å². The Morgan fingerprint density at radius 1 is 1.29 bits per heavy atom. The molecule has 3 nitrogen and oxygen atoms in total. The molecule has 0 aliphatic heterocycles. The van der Waals surface area contributed by atoms with Crippen LogP contribution in [0.5, 0.6) is 0 Å². The van der Waals surface area contributed by atoms with Gasteiger partial charge in [0.15, 0.2) is 0 Å². The van der Waals surface area contributed by atoms with Crippen LogP contribution < -0.4 is 5.32 Å². The van der Waals surface area contributed by atoms with E-state index >= 15 is 0 Å². The maximum Gasteiger partial charge on any atom is 0.224 e. The van der Waals surface area contributed by atoms with Crippen molar-refractivity contribution in [1.82, 2.24) is 9.97 Å². The third-order valence-corrected chi connectivity index (χ3v) is 3.39. The van der Waals surface area contributed by atoms with Crippen molar-refractivity contribution in [2.45, 2.75) is 57.9 Å². The van der Waals surface area contributed by atoms with Crippen molar-refractivity contribution in [3.63, 3.8) is 0 Å². The van der Waals surface area contributed by atoms with Crippen molar-refractivity contribution in [1.29, 1.82) is 0 Å². The summed E-state index contributed by atoms with van der Waals surface area (Å²) in [4.78, 5) is 8.76. The molecular weight excluding hydrogens is 234 g/mol. The molecule has 1 saturated carbocycles. The van der Waals surface area contributed by atoms with E-state index < -0.39 is 0 Å². The van der Waals surface area contributed by atoms with Crippen LogP contribution in [0.25, 0.3) is 0 Å². The summed E-state index contributed by atoms with van der Waals surface area (Å²) in [5, 5.41) is 3.96. The molecule has 0 spiro atoms. The number of rotatable bonds is 4. The fraction of sp³-hybridized carbons (Fsp3) is 0.692. The summed E-state index contributed by atoms with van der Waals surface area (Å²) in [6.07, 6.45) is 8.45. The van der Waals surface area contributed by atoms with Crippen LogP contribution in [-0.4, -0.2) is 16.0 Å². The van der Waals surface area contributed by atoms with E-state index in [4.69, 9.17) is 11.6 Å². The lowest BCUT2D eigenvalue weighted by Gasteiger charge is -2.22. The fourth-order valence-electron chi connectivity index (χ4n) is 2.34. The van der Waals surface area contributed by atoms with E-state index in [2.05, 4.69) is 22.2 Å². The van der Waals surface area contributed by atoms with Gasteiger partial charge in [0, 0.05) is 11.7 Å². The fourth-order valence-corrected chi connectivity index (χ4v) is 2.55. The number of aromatic nitrogens is 2. The Morgan fingerprint density at radius 2 is 2.06 bits per heavy atom. The van der Waals surface area contributed by atoms with Gasteiger partial charge in [0.25, 0.3) is 0 Å². The maximum absolute atomic E-state index is 6.01. The number of aryl methyl sites for hydroxylation is 1. The molecule has 0 radical (unpaired) electrons. The highest BCUT2D eigenvalue weighted by atomic mass is 35.5. The molecule has 17 heavy (non-hydrogen) atoms. The van der Waals surface area contributed by atoms with Crippen LogP contribution in [0.4, 0.5) is 5.95 Å². The van der Waals surface area contributed by atoms with Crippen LogP contribution in [0.1, 0.15) is 51.1 Å². The van der Waals surface area contributed by atoms with E-state index in [0.29, 0.717) is 17.1 Å². The number of anilines is 1. The Bertz CT molecular complexity index is 362. The molecule has 4 heteroatoms. The summed E-state index contributed by atoms with van der Waals surface area (Å²) < 4.78 is 0. The lowest BCUT2D eigenvalue weighted by molar-refractivity contribution is 0.460. The Labute approximate surface area is 108 Å². The second-order valence-corrected chi connectivity index (χ2v) is 5.12. The van der Waals surface area contributed by atoms with Gasteiger partial charge in [-0.05, 0) is 25.3 Å². The molecule has 0 atom stereocenters. The lowest BCUT2D eigenvalue weighted by atomic mass is 9.96. The summed E-state index contributed by atoms with van der Waals surface area (Å²) in [5.74, 6) is 0.702. The van der Waals surface area contributed by atoms with Gasteiger partial charge in [-0.2, -0.15) is 0 Å². The van der Waals surface area contributed by atoms with Gasteiger partial charge in [-0.3, -0.25) is 0 Å². The SMILES string of the molecule is CCCc1cc(Cl)nc(NC2CCCCC2)n1. The standard InChI is InChI=1S/C13H20ClN3/c1-2-6-11-9-12(14)17-13(16-11)15-10-7-4-3-5-8-10/h9-10H,2-8H2,1H3,(H,15,16,17). The second kappa shape index (κ2) is 6.20. The molecule has 0 amide bonds. The monoisotopic (exact) mass is 253 g/mol. The molecule has 1 aliphatic carbocycles. The van der Waals surface area contributed by atoms with Crippen LogP contribution >= 0.6 is 11.6 Å². The molecule has 0 saturated heterocycles. The molecule has 1 fully saturated rings. The minimum Gasteiger partial charge on any atom is -0.351 e. The van der Waals surface area contributed by atoms with Gasteiger partial charge in [0.2, 0.25) is 5.95 Å². The van der Waals surface area contributed by atoms with Crippen molar-refractivity contribution in [3.8, 4) is 0 Å². The van der Waals surface area contributed by atoms with Crippen molar-refractivity contribution >= 4 is 17.5 Å². The van der Waals surface area contributed by atoms with Crippen molar-refractivity contribution in [2.24, 2.45) is 0 Å². The summed E-state index contributed by atoms with van der Waals surface area (Å²) >= 11 is 6.01. The largest absolute Gasteiger partial charge is 0.351 e. The van der Waals surface area contributed by atoms with Gasteiger partial charge in [-0.25, -0.2) is 9.97 Å². The minimum absolute atomic E-state index is 0.525. The Morgan fingerprint density at radius 3 is 2.76 bits per heavy atom. The molecule has 1 N–H and O–H groups in total. The molecule has 1 aliphatic rings. The van der Waals surface area contributed by atoms with Crippen molar-refractivity contribution < 1.29 is 0 Å². The molecule has 1 heterocycles. The van der Waals surface area contributed by atoms with Gasteiger partial charge >= 0.3 is 0 Å². The Kier molecular flexibility index (Phi) is 4.60. The van der Waals surface area contributed by atoms with E-state index in [-0.39, 0.29) is 0 Å². The summed E-state index contributed by atoms with van der Waals surface area (Å²) in [6, 6.07) is 2.38. The van der Waals surface area contributed by atoms with E-state index in [0.717, 1.165) is 18.5 Å². The van der Waals surface area contributed by atoms with E-state index in [9.17, 15) is 0 Å². The predicted molar refractivity (Wildman–Crippen MR) is 71.5 cm³/mol. The van der Waals surface area contributed by atoms with Gasteiger partial charge in [-0.1, -0.05) is 44.2 Å². The highest BCUT2D eigenvalue weighted by molar-refractivity contribution is 6.29. The van der Waals surface area contributed by atoms with E-state index in [1.807, 2.05) is 6.07 Å². The third kappa shape index (κ3) is 3.84. The first-order valence-corrected chi connectivity index (χ1v) is 6.95. The zero-order valence-electron chi connectivity index (χ0n) is 10.4. The molecular formula is C13H20ClN3. The number of nitrogens with one attached hydrogen (secondary N) is 1. The zero-order valence-corrected chi connectivity index (χ0v) is 11.1. The first-order valence-electron chi connectivity index (χ1n) is 6.58. The van der Waals surface area contributed by atoms with Crippen molar-refractivity contribution in [2.75, 3.05) is 5.32 Å². The van der Waals surface area contributed by atoms with Crippen LogP contribution in [0, 0.1) is 0 Å². The number of nitrogens with zero attached hydrogens (tertiary/aromatic N) is 2. The lowest BCUT2D eigenvalue weighted by Crippen LogP contribution is -2.23. The van der Waals surface area contributed by atoms with Crippen LogP contribution in [0.3, 0.4) is 0 Å². The van der Waals surface area contributed by atoms with Gasteiger partial charge < -0.3 is 5.32 Å². The van der Waals surface area contributed by atoms with Crippen LogP contribution in [-0.2, 0) is 6.42 Å². The molecule has 1 aromatic heterocycles. The molecule has 0 unspecified atom stereocenters. The maximum atomic E-state index is 6.01. The topological polar surface area (TPSA) is 37.8 Å². The molecule has 94 valence electrons. The molecule has 1 aromatic rings. The number of halogens is 1. The number of hydrogen-bond donors (Lipinski definition) is 1. The van der Waals surface area contributed by atoms with Gasteiger partial charge in [0.05, 0.1) is 0 Å².